The maximum absolute atomic E-state index is 14.8. The van der Waals surface area contributed by atoms with E-state index in [2.05, 4.69) is 48.3 Å². The van der Waals surface area contributed by atoms with Crippen molar-refractivity contribution in [3.8, 4) is 5.75 Å². The van der Waals surface area contributed by atoms with E-state index < -0.39 is 11.7 Å². The van der Waals surface area contributed by atoms with Crippen LogP contribution >= 0.6 is 0 Å². The third-order valence-electron chi connectivity index (χ3n) is 7.90. The highest BCUT2D eigenvalue weighted by Crippen LogP contribution is 2.35. The molecule has 1 fully saturated rings. The zero-order valence-corrected chi connectivity index (χ0v) is 27.8. The first-order valence-corrected chi connectivity index (χ1v) is 16.2. The van der Waals surface area contributed by atoms with E-state index in [1.807, 2.05) is 75.1 Å². The quantitative estimate of drug-likeness (QED) is 0.234. The van der Waals surface area contributed by atoms with E-state index in [0.717, 1.165) is 37.5 Å². The zero-order chi connectivity index (χ0) is 32.4. The maximum atomic E-state index is 14.8. The molecule has 1 heterocycles. The van der Waals surface area contributed by atoms with Crippen LogP contribution in [0.15, 0.2) is 72.8 Å². The normalized spacial score (nSPS) is 14.1. The molecule has 0 atom stereocenters. The first-order chi connectivity index (χ1) is 21.5. The molecule has 0 aliphatic carbocycles. The van der Waals surface area contributed by atoms with Crippen LogP contribution in [0.3, 0.4) is 0 Å². The Morgan fingerprint density at radius 3 is 2.38 bits per heavy atom. The molecule has 3 amide bonds. The lowest BCUT2D eigenvalue weighted by Gasteiger charge is -2.34. The smallest absolute Gasteiger partial charge is 0.412 e. The highest BCUT2D eigenvalue weighted by atomic mass is 16.6. The van der Waals surface area contributed by atoms with E-state index in [-0.39, 0.29) is 6.03 Å². The van der Waals surface area contributed by atoms with Crippen LogP contribution < -0.4 is 15.0 Å². The van der Waals surface area contributed by atoms with Crippen LogP contribution in [0, 0.1) is 12.8 Å². The Labute approximate surface area is 269 Å². The van der Waals surface area contributed by atoms with Crippen LogP contribution in [-0.4, -0.2) is 60.3 Å². The predicted octanol–water partition coefficient (Wildman–Crippen LogP) is 8.62. The summed E-state index contributed by atoms with van der Waals surface area (Å²) in [6.07, 6.45) is 2.71. The van der Waals surface area contributed by atoms with Crippen molar-refractivity contribution in [1.82, 2.24) is 9.80 Å². The molecule has 1 saturated heterocycles. The standard InChI is InChI=1S/C37H50N4O4/c1-7-44-32-13-10-12-31(26-32)41(34-15-9-8-14-33(34)38-35(42)45-37(4,5)6)36(43)40(27-30-18-16-28(2)17-19-30)23-11-22-39-24-20-29(3)21-25-39/h8-10,12-19,26,29H,7,11,20-25,27H2,1-6H3,(H,38,42). The van der Waals surface area contributed by atoms with E-state index in [1.165, 1.54) is 18.4 Å². The molecule has 0 radical (unpaired) electrons. The number of rotatable bonds is 11. The van der Waals surface area contributed by atoms with Gasteiger partial charge < -0.3 is 19.3 Å². The second-order valence-corrected chi connectivity index (χ2v) is 13.0. The molecule has 242 valence electrons. The van der Waals surface area contributed by atoms with Gasteiger partial charge in [-0.05, 0) is 109 Å². The molecule has 1 aliphatic rings. The Balaban J connectivity index is 1.70. The van der Waals surface area contributed by atoms with Crippen molar-refractivity contribution in [1.29, 1.82) is 0 Å². The summed E-state index contributed by atoms with van der Waals surface area (Å²) in [5.41, 5.74) is 3.22. The third-order valence-corrected chi connectivity index (χ3v) is 7.90. The third kappa shape index (κ3) is 10.2. The van der Waals surface area contributed by atoms with Crippen LogP contribution in [-0.2, 0) is 11.3 Å². The monoisotopic (exact) mass is 614 g/mol. The second kappa shape index (κ2) is 15.8. The van der Waals surface area contributed by atoms with Gasteiger partial charge in [0.15, 0.2) is 0 Å². The molecule has 0 spiro atoms. The number of amides is 3. The van der Waals surface area contributed by atoms with Crippen LogP contribution in [0.25, 0.3) is 0 Å². The Hall–Kier alpha value is -4.04. The molecule has 0 unspecified atom stereocenters. The number of likely N-dealkylation sites (tertiary alicyclic amines) is 1. The van der Waals surface area contributed by atoms with Gasteiger partial charge in [-0.15, -0.1) is 0 Å². The van der Waals surface area contributed by atoms with Gasteiger partial charge in [0.2, 0.25) is 0 Å². The summed E-state index contributed by atoms with van der Waals surface area (Å²) >= 11 is 0. The average molecular weight is 615 g/mol. The fraction of sp³-hybridized carbons (Fsp3) is 0.459. The average Bonchev–Trinajstić information content (AvgIpc) is 2.99. The lowest BCUT2D eigenvalue weighted by molar-refractivity contribution is 0.0636. The number of piperidine rings is 1. The number of hydrogen-bond acceptors (Lipinski definition) is 5. The lowest BCUT2D eigenvalue weighted by atomic mass is 9.99. The molecular weight excluding hydrogens is 564 g/mol. The number of aryl methyl sites for hydroxylation is 1. The molecule has 1 aliphatic heterocycles. The van der Waals surface area contributed by atoms with Crippen LogP contribution in [0.5, 0.6) is 5.75 Å². The molecule has 45 heavy (non-hydrogen) atoms. The Morgan fingerprint density at radius 2 is 1.69 bits per heavy atom. The van der Waals surface area contributed by atoms with Gasteiger partial charge in [0.05, 0.1) is 23.7 Å². The summed E-state index contributed by atoms with van der Waals surface area (Å²) in [5, 5.41) is 2.89. The van der Waals surface area contributed by atoms with Crippen molar-refractivity contribution in [2.24, 2.45) is 5.92 Å². The van der Waals surface area contributed by atoms with Gasteiger partial charge in [-0.3, -0.25) is 10.2 Å². The number of ether oxygens (including phenoxy) is 2. The lowest BCUT2D eigenvalue weighted by Crippen LogP contribution is -2.42. The summed E-state index contributed by atoms with van der Waals surface area (Å²) in [7, 11) is 0. The second-order valence-electron chi connectivity index (χ2n) is 13.0. The summed E-state index contributed by atoms with van der Waals surface area (Å²) in [5.74, 6) is 1.44. The SMILES string of the molecule is CCOc1cccc(N(C(=O)N(CCCN2CCC(C)CC2)Cc2ccc(C)cc2)c2ccccc2NC(=O)OC(C)(C)C)c1. The number of urea groups is 1. The van der Waals surface area contributed by atoms with E-state index in [9.17, 15) is 9.59 Å². The topological polar surface area (TPSA) is 74.4 Å². The van der Waals surface area contributed by atoms with Gasteiger partial charge >= 0.3 is 12.1 Å². The van der Waals surface area contributed by atoms with Gasteiger partial charge in [-0.1, -0.05) is 55.0 Å². The predicted molar refractivity (Wildman–Crippen MR) is 182 cm³/mol. The Morgan fingerprint density at radius 1 is 0.978 bits per heavy atom. The summed E-state index contributed by atoms with van der Waals surface area (Å²) in [6.45, 7) is 16.5. The van der Waals surface area contributed by atoms with Crippen molar-refractivity contribution >= 4 is 29.2 Å². The first kappa shape index (κ1) is 33.8. The molecule has 8 heteroatoms. The van der Waals surface area contributed by atoms with E-state index >= 15 is 0 Å². The Bertz CT molecular complexity index is 1390. The van der Waals surface area contributed by atoms with Gasteiger partial charge in [0.25, 0.3) is 0 Å². The molecule has 1 N–H and O–H groups in total. The number of carbonyl (C=O) groups excluding carboxylic acids is 2. The largest absolute Gasteiger partial charge is 0.494 e. The first-order valence-electron chi connectivity index (χ1n) is 16.2. The number of hydrogen-bond donors (Lipinski definition) is 1. The fourth-order valence-corrected chi connectivity index (χ4v) is 5.49. The highest BCUT2D eigenvalue weighted by molar-refractivity contribution is 6.04. The minimum atomic E-state index is -0.669. The van der Waals surface area contributed by atoms with Crippen LogP contribution in [0.4, 0.5) is 26.7 Å². The van der Waals surface area contributed by atoms with E-state index in [4.69, 9.17) is 9.47 Å². The highest BCUT2D eigenvalue weighted by Gasteiger charge is 2.28. The van der Waals surface area contributed by atoms with Gasteiger partial charge in [-0.25, -0.2) is 9.59 Å². The molecule has 0 aromatic heterocycles. The van der Waals surface area contributed by atoms with Gasteiger partial charge in [-0.2, -0.15) is 0 Å². The van der Waals surface area contributed by atoms with Crippen LogP contribution in [0.1, 0.15) is 65.0 Å². The number of nitrogens with one attached hydrogen (secondary N) is 1. The van der Waals surface area contributed by atoms with Gasteiger partial charge in [0, 0.05) is 19.2 Å². The zero-order valence-electron chi connectivity index (χ0n) is 27.8. The van der Waals surface area contributed by atoms with E-state index in [1.54, 1.807) is 11.0 Å². The number of para-hydroxylation sites is 2. The molecule has 4 rings (SSSR count). The van der Waals surface area contributed by atoms with Gasteiger partial charge in [0.1, 0.15) is 11.4 Å². The minimum Gasteiger partial charge on any atom is -0.494 e. The van der Waals surface area contributed by atoms with Crippen LogP contribution in [0.2, 0.25) is 0 Å². The summed E-state index contributed by atoms with van der Waals surface area (Å²) in [4.78, 5) is 33.8. The van der Waals surface area contributed by atoms with Crippen molar-refractivity contribution in [3.05, 3.63) is 83.9 Å². The molecule has 3 aromatic rings. The summed E-state index contributed by atoms with van der Waals surface area (Å²) < 4.78 is 11.4. The maximum Gasteiger partial charge on any atom is 0.412 e. The molecule has 0 bridgehead atoms. The van der Waals surface area contributed by atoms with Crippen molar-refractivity contribution in [2.75, 3.05) is 43.0 Å². The van der Waals surface area contributed by atoms with Crippen molar-refractivity contribution < 1.29 is 19.1 Å². The number of benzene rings is 3. The number of anilines is 3. The fourth-order valence-electron chi connectivity index (χ4n) is 5.49. The van der Waals surface area contributed by atoms with Crippen molar-refractivity contribution in [2.45, 2.75) is 73.0 Å². The molecule has 8 nitrogen and oxygen atoms in total. The van der Waals surface area contributed by atoms with Crippen molar-refractivity contribution in [3.63, 3.8) is 0 Å². The minimum absolute atomic E-state index is 0.185. The molecule has 0 saturated carbocycles. The number of carbonyl (C=O) groups is 2. The molecule has 3 aromatic carbocycles. The molecular formula is C37H50N4O4. The number of nitrogens with zero attached hydrogens (tertiary/aromatic N) is 3. The Kier molecular flexibility index (Phi) is 11.9. The summed E-state index contributed by atoms with van der Waals surface area (Å²) in [6, 6.07) is 23.0. The van der Waals surface area contributed by atoms with E-state index in [0.29, 0.717) is 42.5 Å².